The number of hydrogen-bond acceptors (Lipinski definition) is 3. The lowest BCUT2D eigenvalue weighted by atomic mass is 10.2. The quantitative estimate of drug-likeness (QED) is 0.921. The smallest absolute Gasteiger partial charge is 0.0826 e. The fraction of sp³-hybridized carbons (Fsp3) is 0.538. The summed E-state index contributed by atoms with van der Waals surface area (Å²) < 4.78 is 5.68. The molecule has 0 amide bonds. The van der Waals surface area contributed by atoms with Crippen LogP contribution in [0.1, 0.15) is 5.56 Å². The summed E-state index contributed by atoms with van der Waals surface area (Å²) in [6, 6.07) is 5.67. The van der Waals surface area contributed by atoms with Gasteiger partial charge in [-0.1, -0.05) is 29.3 Å². The molecule has 0 bridgehead atoms. The van der Waals surface area contributed by atoms with Crippen LogP contribution in [0, 0.1) is 0 Å². The Bertz CT molecular complexity index is 399. The zero-order chi connectivity index (χ0) is 13.0. The van der Waals surface area contributed by atoms with E-state index in [0.29, 0.717) is 5.02 Å². The van der Waals surface area contributed by atoms with E-state index in [1.807, 2.05) is 19.2 Å². The predicted molar refractivity (Wildman–Crippen MR) is 75.4 cm³/mol. The van der Waals surface area contributed by atoms with Crippen molar-refractivity contribution < 1.29 is 4.74 Å². The van der Waals surface area contributed by atoms with Crippen LogP contribution in [0.15, 0.2) is 18.2 Å². The summed E-state index contributed by atoms with van der Waals surface area (Å²) in [5, 5.41) is 4.56. The molecule has 1 unspecified atom stereocenters. The average molecular weight is 289 g/mol. The Kier molecular flexibility index (Phi) is 5.27. The van der Waals surface area contributed by atoms with Crippen LogP contribution in [0.2, 0.25) is 10.0 Å². The molecule has 1 aromatic rings. The Hall–Kier alpha value is -0.320. The molecular formula is C13H18Cl2N2O. The van der Waals surface area contributed by atoms with E-state index in [2.05, 4.69) is 10.2 Å². The Morgan fingerprint density at radius 1 is 1.44 bits per heavy atom. The summed E-state index contributed by atoms with van der Waals surface area (Å²) in [4.78, 5) is 2.36. The molecule has 0 aliphatic carbocycles. The van der Waals surface area contributed by atoms with Crippen molar-refractivity contribution in [2.75, 3.05) is 33.3 Å². The summed E-state index contributed by atoms with van der Waals surface area (Å²) in [7, 11) is 1.94. The van der Waals surface area contributed by atoms with Gasteiger partial charge in [-0.2, -0.15) is 0 Å². The van der Waals surface area contributed by atoms with Gasteiger partial charge in [0.25, 0.3) is 0 Å². The number of morpholine rings is 1. The highest BCUT2D eigenvalue weighted by Gasteiger charge is 2.20. The van der Waals surface area contributed by atoms with E-state index in [-0.39, 0.29) is 6.10 Å². The number of hydrogen-bond donors (Lipinski definition) is 1. The van der Waals surface area contributed by atoms with Crippen LogP contribution in [-0.2, 0) is 11.3 Å². The standard InChI is InChI=1S/C13H18Cl2N2O/c1-16-7-12-9-17(4-5-18-12)8-10-2-3-11(14)6-13(10)15/h2-3,6,12,16H,4-5,7-9H2,1H3. The predicted octanol–water partition coefficient (Wildman–Crippen LogP) is 2.41. The van der Waals surface area contributed by atoms with E-state index in [4.69, 9.17) is 27.9 Å². The summed E-state index contributed by atoms with van der Waals surface area (Å²) in [6.45, 7) is 4.38. The van der Waals surface area contributed by atoms with Crippen molar-refractivity contribution >= 4 is 23.2 Å². The molecule has 1 fully saturated rings. The SMILES string of the molecule is CNCC1CN(Cc2ccc(Cl)cc2Cl)CCO1. The highest BCUT2D eigenvalue weighted by atomic mass is 35.5. The van der Waals surface area contributed by atoms with Crippen LogP contribution in [0.3, 0.4) is 0 Å². The molecule has 2 rings (SSSR count). The first-order valence-electron chi connectivity index (χ1n) is 6.11. The maximum absolute atomic E-state index is 6.19. The van der Waals surface area contributed by atoms with Gasteiger partial charge in [0.1, 0.15) is 0 Å². The third-order valence-electron chi connectivity index (χ3n) is 3.06. The van der Waals surface area contributed by atoms with Crippen molar-refractivity contribution in [3.05, 3.63) is 33.8 Å². The fourth-order valence-corrected chi connectivity index (χ4v) is 2.63. The molecule has 0 saturated carbocycles. The monoisotopic (exact) mass is 288 g/mol. The normalized spacial score (nSPS) is 21.2. The van der Waals surface area contributed by atoms with Crippen LogP contribution in [0.5, 0.6) is 0 Å². The number of ether oxygens (including phenoxy) is 1. The minimum absolute atomic E-state index is 0.259. The van der Waals surface area contributed by atoms with Gasteiger partial charge in [-0.25, -0.2) is 0 Å². The first kappa shape index (κ1) is 14.1. The summed E-state index contributed by atoms with van der Waals surface area (Å²) >= 11 is 12.1. The van der Waals surface area contributed by atoms with Gasteiger partial charge in [0, 0.05) is 36.2 Å². The van der Waals surface area contributed by atoms with Crippen molar-refractivity contribution in [3.63, 3.8) is 0 Å². The van der Waals surface area contributed by atoms with E-state index in [1.54, 1.807) is 6.07 Å². The van der Waals surface area contributed by atoms with Crippen LogP contribution in [0.4, 0.5) is 0 Å². The first-order valence-corrected chi connectivity index (χ1v) is 6.87. The largest absolute Gasteiger partial charge is 0.374 e. The molecule has 5 heteroatoms. The lowest BCUT2D eigenvalue weighted by Crippen LogP contribution is -2.45. The maximum Gasteiger partial charge on any atom is 0.0826 e. The third kappa shape index (κ3) is 3.84. The Balaban J connectivity index is 1.96. The van der Waals surface area contributed by atoms with Crippen molar-refractivity contribution in [1.29, 1.82) is 0 Å². The van der Waals surface area contributed by atoms with Gasteiger partial charge in [0.05, 0.1) is 12.7 Å². The zero-order valence-electron chi connectivity index (χ0n) is 10.5. The zero-order valence-corrected chi connectivity index (χ0v) is 12.0. The summed E-state index contributed by atoms with van der Waals surface area (Å²) in [6.07, 6.45) is 0.259. The molecule has 1 aromatic carbocycles. The topological polar surface area (TPSA) is 24.5 Å². The maximum atomic E-state index is 6.19. The first-order chi connectivity index (χ1) is 8.69. The van der Waals surface area contributed by atoms with Gasteiger partial charge in [-0.3, -0.25) is 4.90 Å². The molecule has 1 aliphatic heterocycles. The van der Waals surface area contributed by atoms with Crippen LogP contribution in [0.25, 0.3) is 0 Å². The molecule has 1 atom stereocenters. The summed E-state index contributed by atoms with van der Waals surface area (Å²) in [5.74, 6) is 0. The minimum Gasteiger partial charge on any atom is -0.374 e. The van der Waals surface area contributed by atoms with Crippen LogP contribution >= 0.6 is 23.2 Å². The van der Waals surface area contributed by atoms with Gasteiger partial charge in [0.2, 0.25) is 0 Å². The molecule has 100 valence electrons. The highest BCUT2D eigenvalue weighted by molar-refractivity contribution is 6.35. The number of likely N-dealkylation sites (N-methyl/N-ethyl adjacent to an activating group) is 1. The lowest BCUT2D eigenvalue weighted by molar-refractivity contribution is -0.0291. The minimum atomic E-state index is 0.259. The molecule has 0 spiro atoms. The van der Waals surface area contributed by atoms with Crippen molar-refractivity contribution in [2.24, 2.45) is 0 Å². The van der Waals surface area contributed by atoms with Gasteiger partial charge < -0.3 is 10.1 Å². The van der Waals surface area contributed by atoms with E-state index < -0.39 is 0 Å². The van der Waals surface area contributed by atoms with Gasteiger partial charge in [-0.05, 0) is 24.7 Å². The molecule has 1 aliphatic rings. The highest BCUT2D eigenvalue weighted by Crippen LogP contribution is 2.22. The fourth-order valence-electron chi connectivity index (χ4n) is 2.17. The molecule has 0 aromatic heterocycles. The molecule has 18 heavy (non-hydrogen) atoms. The van der Waals surface area contributed by atoms with Crippen molar-refractivity contribution in [1.82, 2.24) is 10.2 Å². The molecule has 1 N–H and O–H groups in total. The Morgan fingerprint density at radius 3 is 3.00 bits per heavy atom. The number of halogens is 2. The number of benzene rings is 1. The van der Waals surface area contributed by atoms with Gasteiger partial charge in [0.15, 0.2) is 0 Å². The lowest BCUT2D eigenvalue weighted by Gasteiger charge is -2.33. The third-order valence-corrected chi connectivity index (χ3v) is 3.65. The van der Waals surface area contributed by atoms with Crippen LogP contribution < -0.4 is 5.32 Å². The average Bonchev–Trinajstić information content (AvgIpc) is 2.34. The summed E-state index contributed by atoms with van der Waals surface area (Å²) in [5.41, 5.74) is 1.12. The van der Waals surface area contributed by atoms with Gasteiger partial charge in [-0.15, -0.1) is 0 Å². The molecule has 1 saturated heterocycles. The molecule has 1 heterocycles. The van der Waals surface area contributed by atoms with E-state index in [9.17, 15) is 0 Å². The number of nitrogens with zero attached hydrogens (tertiary/aromatic N) is 1. The molecule has 0 radical (unpaired) electrons. The molecular weight excluding hydrogens is 271 g/mol. The second-order valence-electron chi connectivity index (χ2n) is 4.52. The number of rotatable bonds is 4. The second kappa shape index (κ2) is 6.73. The number of nitrogens with one attached hydrogen (secondary N) is 1. The van der Waals surface area contributed by atoms with Crippen molar-refractivity contribution in [2.45, 2.75) is 12.6 Å². The van der Waals surface area contributed by atoms with Gasteiger partial charge >= 0.3 is 0 Å². The van der Waals surface area contributed by atoms with Crippen molar-refractivity contribution in [3.8, 4) is 0 Å². The Morgan fingerprint density at radius 2 is 2.28 bits per heavy atom. The van der Waals surface area contributed by atoms with Crippen LogP contribution in [-0.4, -0.2) is 44.3 Å². The Labute approximate surface area is 118 Å². The van der Waals surface area contributed by atoms with E-state index in [0.717, 1.165) is 43.4 Å². The second-order valence-corrected chi connectivity index (χ2v) is 5.36. The molecule has 3 nitrogen and oxygen atoms in total. The van der Waals surface area contributed by atoms with E-state index >= 15 is 0 Å². The van der Waals surface area contributed by atoms with E-state index in [1.165, 1.54) is 0 Å².